The number of methoxy groups -OCH3 is 1. The summed E-state index contributed by atoms with van der Waals surface area (Å²) in [6.07, 6.45) is 7.39. The number of aromatic nitrogens is 2. The van der Waals surface area contributed by atoms with Crippen molar-refractivity contribution in [3.8, 4) is 0 Å². The Morgan fingerprint density at radius 1 is 1.12 bits per heavy atom. The third kappa shape index (κ3) is 6.56. The van der Waals surface area contributed by atoms with Gasteiger partial charge in [-0.15, -0.1) is 0 Å². The summed E-state index contributed by atoms with van der Waals surface area (Å²) in [5, 5.41) is 9.42. The molecule has 2 aliphatic rings. The molecule has 3 aromatic rings. The predicted molar refractivity (Wildman–Crippen MR) is 160 cm³/mol. The molecule has 222 valence electrons. The van der Waals surface area contributed by atoms with E-state index in [1.54, 1.807) is 30.5 Å². The van der Waals surface area contributed by atoms with Gasteiger partial charge in [0.1, 0.15) is 17.7 Å². The fourth-order valence-electron chi connectivity index (χ4n) is 5.68. The van der Waals surface area contributed by atoms with Crippen LogP contribution in [0.1, 0.15) is 48.9 Å². The summed E-state index contributed by atoms with van der Waals surface area (Å²) in [5.74, 6) is -0.0776. The number of carbonyl (C=O) groups is 2. The standard InChI is InChI=1S/C31H36ClFN6O3/c1-19-14-22(11-13-35-19)31(34-2,12-10-20-4-5-20)21-6-8-25(33)26(15-21)37-29(40)27-16-24(42-3)18-39(27)30(41)38-28-9-7-23(32)17-36-28/h6-9,11,13-15,17,20,24,27,34H,4-5,10,12,16,18H2,1-3H3,(H,37,40)(H,36,38,41). The van der Waals surface area contributed by atoms with Crippen LogP contribution in [0.15, 0.2) is 54.9 Å². The van der Waals surface area contributed by atoms with Crippen molar-refractivity contribution in [1.82, 2.24) is 20.2 Å². The van der Waals surface area contributed by atoms with Gasteiger partial charge in [-0.25, -0.2) is 14.2 Å². The number of hydrogen-bond acceptors (Lipinski definition) is 6. The van der Waals surface area contributed by atoms with E-state index in [0.717, 1.165) is 29.7 Å². The second kappa shape index (κ2) is 12.7. The number of nitrogens with zero attached hydrogens (tertiary/aromatic N) is 3. The normalized spacial score (nSPS) is 19.8. The number of nitrogens with one attached hydrogen (secondary N) is 3. The summed E-state index contributed by atoms with van der Waals surface area (Å²) >= 11 is 5.90. The summed E-state index contributed by atoms with van der Waals surface area (Å²) in [4.78, 5) is 36.6. The average molecular weight is 595 g/mol. The highest BCUT2D eigenvalue weighted by molar-refractivity contribution is 6.30. The van der Waals surface area contributed by atoms with Crippen LogP contribution in [0.5, 0.6) is 0 Å². The first-order chi connectivity index (χ1) is 20.2. The number of pyridine rings is 2. The van der Waals surface area contributed by atoms with Crippen LogP contribution >= 0.6 is 11.6 Å². The van der Waals surface area contributed by atoms with Gasteiger partial charge in [0.05, 0.1) is 22.4 Å². The van der Waals surface area contributed by atoms with Crippen LogP contribution in [-0.2, 0) is 15.1 Å². The molecule has 2 fully saturated rings. The highest BCUT2D eigenvalue weighted by atomic mass is 35.5. The molecule has 3 heterocycles. The molecule has 11 heteroatoms. The van der Waals surface area contributed by atoms with E-state index in [1.165, 1.54) is 37.1 Å². The van der Waals surface area contributed by atoms with E-state index >= 15 is 4.39 Å². The molecule has 0 radical (unpaired) electrons. The van der Waals surface area contributed by atoms with Crippen LogP contribution in [0.3, 0.4) is 0 Å². The number of rotatable bonds is 10. The number of hydrogen-bond donors (Lipinski definition) is 3. The van der Waals surface area contributed by atoms with E-state index < -0.39 is 29.3 Å². The zero-order valence-corrected chi connectivity index (χ0v) is 24.7. The third-order valence-electron chi connectivity index (χ3n) is 8.28. The zero-order chi connectivity index (χ0) is 29.9. The number of benzene rings is 1. The minimum atomic E-state index is -0.878. The zero-order valence-electron chi connectivity index (χ0n) is 24.0. The number of amides is 3. The maximum absolute atomic E-state index is 15.2. The Balaban J connectivity index is 1.40. The van der Waals surface area contributed by atoms with Crippen molar-refractivity contribution in [2.75, 3.05) is 31.3 Å². The molecule has 3 atom stereocenters. The molecule has 3 N–H and O–H groups in total. The summed E-state index contributed by atoms with van der Waals surface area (Å²) in [5.41, 5.74) is 2.19. The Bertz CT molecular complexity index is 1440. The quantitative estimate of drug-likeness (QED) is 0.286. The molecular weight excluding hydrogens is 559 g/mol. The molecule has 0 bridgehead atoms. The Hall–Kier alpha value is -3.60. The second-order valence-corrected chi connectivity index (χ2v) is 11.5. The van der Waals surface area contributed by atoms with E-state index in [9.17, 15) is 9.59 Å². The molecule has 1 aliphatic carbocycles. The van der Waals surface area contributed by atoms with Crippen LogP contribution < -0.4 is 16.0 Å². The fourth-order valence-corrected chi connectivity index (χ4v) is 5.79. The lowest BCUT2D eigenvalue weighted by atomic mass is 9.78. The monoisotopic (exact) mass is 594 g/mol. The maximum atomic E-state index is 15.2. The molecule has 0 spiro atoms. The van der Waals surface area contributed by atoms with E-state index in [-0.39, 0.29) is 24.8 Å². The number of halogens is 2. The van der Waals surface area contributed by atoms with Crippen LogP contribution in [-0.4, -0.2) is 59.7 Å². The largest absolute Gasteiger partial charge is 0.380 e. The van der Waals surface area contributed by atoms with Gasteiger partial charge in [0, 0.05) is 38.2 Å². The van der Waals surface area contributed by atoms with Gasteiger partial charge in [-0.05, 0) is 80.3 Å². The Kier molecular flexibility index (Phi) is 9.05. The molecule has 5 rings (SSSR count). The average Bonchev–Trinajstić information content (AvgIpc) is 3.71. The van der Waals surface area contributed by atoms with Crippen molar-refractivity contribution in [1.29, 1.82) is 0 Å². The van der Waals surface area contributed by atoms with Gasteiger partial charge in [0.2, 0.25) is 5.91 Å². The van der Waals surface area contributed by atoms with Gasteiger partial charge in [0.25, 0.3) is 0 Å². The molecule has 9 nitrogen and oxygen atoms in total. The lowest BCUT2D eigenvalue weighted by molar-refractivity contribution is -0.119. The van der Waals surface area contributed by atoms with Gasteiger partial charge in [-0.2, -0.15) is 0 Å². The Labute approximate surface area is 250 Å². The maximum Gasteiger partial charge on any atom is 0.323 e. The van der Waals surface area contributed by atoms with Gasteiger partial charge >= 0.3 is 6.03 Å². The summed E-state index contributed by atoms with van der Waals surface area (Å²) < 4.78 is 20.7. The number of urea groups is 1. The first-order valence-electron chi connectivity index (χ1n) is 14.2. The highest BCUT2D eigenvalue weighted by Crippen LogP contribution is 2.42. The molecule has 1 saturated heterocycles. The van der Waals surface area contributed by atoms with Crippen molar-refractivity contribution in [2.24, 2.45) is 5.92 Å². The number of likely N-dealkylation sites (tertiary alicyclic amines) is 1. The Morgan fingerprint density at radius 3 is 2.57 bits per heavy atom. The lowest BCUT2D eigenvalue weighted by Gasteiger charge is -2.36. The topological polar surface area (TPSA) is 108 Å². The molecule has 1 aliphatic heterocycles. The minimum absolute atomic E-state index is 0.0508. The number of aryl methyl sites for hydroxylation is 1. The van der Waals surface area contributed by atoms with E-state index in [4.69, 9.17) is 16.3 Å². The Morgan fingerprint density at radius 2 is 1.90 bits per heavy atom. The van der Waals surface area contributed by atoms with Crippen molar-refractivity contribution in [2.45, 2.75) is 56.7 Å². The van der Waals surface area contributed by atoms with Gasteiger partial charge < -0.3 is 20.3 Å². The third-order valence-corrected chi connectivity index (χ3v) is 8.50. The second-order valence-electron chi connectivity index (χ2n) is 11.1. The van der Waals surface area contributed by atoms with Crippen LogP contribution in [0.4, 0.5) is 20.7 Å². The first kappa shape index (κ1) is 29.9. The van der Waals surface area contributed by atoms with E-state index in [2.05, 4.69) is 25.9 Å². The molecule has 3 amide bonds. The van der Waals surface area contributed by atoms with Gasteiger partial charge in [-0.1, -0.05) is 30.5 Å². The first-order valence-corrected chi connectivity index (χ1v) is 14.5. The predicted octanol–water partition coefficient (Wildman–Crippen LogP) is 5.49. The van der Waals surface area contributed by atoms with Crippen molar-refractivity contribution in [3.05, 3.63) is 82.5 Å². The molecule has 42 heavy (non-hydrogen) atoms. The highest BCUT2D eigenvalue weighted by Gasteiger charge is 2.41. The number of anilines is 2. The van der Waals surface area contributed by atoms with Crippen LogP contribution in [0.2, 0.25) is 5.02 Å². The van der Waals surface area contributed by atoms with Crippen molar-refractivity contribution in [3.63, 3.8) is 0 Å². The van der Waals surface area contributed by atoms with Crippen LogP contribution in [0.25, 0.3) is 0 Å². The van der Waals surface area contributed by atoms with Gasteiger partial charge in [-0.3, -0.25) is 15.1 Å². The minimum Gasteiger partial charge on any atom is -0.380 e. The molecule has 2 aromatic heterocycles. The molecule has 1 aromatic carbocycles. The van der Waals surface area contributed by atoms with Crippen molar-refractivity contribution >= 4 is 35.0 Å². The summed E-state index contributed by atoms with van der Waals surface area (Å²) in [6, 6.07) is 10.6. The molecular formula is C31H36ClFN6O3. The number of ether oxygens (including phenoxy) is 1. The summed E-state index contributed by atoms with van der Waals surface area (Å²) in [6.45, 7) is 2.14. The summed E-state index contributed by atoms with van der Waals surface area (Å²) in [7, 11) is 3.43. The van der Waals surface area contributed by atoms with Crippen molar-refractivity contribution < 1.29 is 18.7 Å². The van der Waals surface area contributed by atoms with E-state index in [0.29, 0.717) is 16.8 Å². The fraction of sp³-hybridized carbons (Fsp3) is 0.419. The number of carbonyl (C=O) groups excluding carboxylic acids is 2. The molecule has 3 unspecified atom stereocenters. The SMILES string of the molecule is CNC(CCC1CC1)(c1ccnc(C)c1)c1ccc(F)c(NC(=O)C2CC(OC)CN2C(=O)Nc2ccc(Cl)cn2)c1. The van der Waals surface area contributed by atoms with Crippen LogP contribution in [0, 0.1) is 18.7 Å². The smallest absolute Gasteiger partial charge is 0.323 e. The van der Waals surface area contributed by atoms with E-state index in [1.807, 2.05) is 26.1 Å². The van der Waals surface area contributed by atoms with Gasteiger partial charge in [0.15, 0.2) is 0 Å². The molecule has 1 saturated carbocycles. The lowest BCUT2D eigenvalue weighted by Crippen LogP contribution is -2.45.